The summed E-state index contributed by atoms with van der Waals surface area (Å²) in [5.74, 6) is 0. The molecular formula is C17H19ClN2. The highest BCUT2D eigenvalue weighted by Gasteiger charge is 2.22. The van der Waals surface area contributed by atoms with Crippen LogP contribution in [0.3, 0.4) is 0 Å². The van der Waals surface area contributed by atoms with Gasteiger partial charge in [-0.1, -0.05) is 60.1 Å². The maximum Gasteiger partial charge on any atom is 0.0464 e. The fraction of sp³-hybridized carbons (Fsp3) is 0.294. The van der Waals surface area contributed by atoms with E-state index in [0.717, 1.165) is 31.2 Å². The molecule has 2 aromatic carbocycles. The van der Waals surface area contributed by atoms with Gasteiger partial charge in [0.15, 0.2) is 0 Å². The first kappa shape index (κ1) is 13.6. The summed E-state index contributed by atoms with van der Waals surface area (Å²) in [5.41, 5.74) is 2.57. The summed E-state index contributed by atoms with van der Waals surface area (Å²) < 4.78 is 0. The molecular weight excluding hydrogens is 268 g/mol. The summed E-state index contributed by atoms with van der Waals surface area (Å²) in [6.45, 7) is 4.08. The smallest absolute Gasteiger partial charge is 0.0464 e. The van der Waals surface area contributed by atoms with Gasteiger partial charge in [-0.2, -0.15) is 0 Å². The Morgan fingerprint density at radius 1 is 1.05 bits per heavy atom. The summed E-state index contributed by atoms with van der Waals surface area (Å²) in [7, 11) is 0. The molecule has 0 aromatic heterocycles. The largest absolute Gasteiger partial charge is 0.308 e. The van der Waals surface area contributed by atoms with Crippen molar-refractivity contribution in [2.75, 3.05) is 19.6 Å². The summed E-state index contributed by atoms with van der Waals surface area (Å²) in [5, 5.41) is 4.42. The second-order valence-electron chi connectivity index (χ2n) is 5.25. The zero-order valence-electron chi connectivity index (χ0n) is 11.4. The Hall–Kier alpha value is -1.35. The van der Waals surface area contributed by atoms with E-state index in [1.165, 1.54) is 11.1 Å². The minimum absolute atomic E-state index is 0.321. The second-order valence-corrected chi connectivity index (χ2v) is 5.66. The van der Waals surface area contributed by atoms with E-state index in [9.17, 15) is 0 Å². The molecule has 0 unspecified atom stereocenters. The normalized spacial score (nSPS) is 19.9. The lowest BCUT2D eigenvalue weighted by Gasteiger charge is -2.34. The van der Waals surface area contributed by atoms with E-state index in [-0.39, 0.29) is 0 Å². The number of piperazine rings is 1. The number of nitrogens with one attached hydrogen (secondary N) is 1. The quantitative estimate of drug-likeness (QED) is 0.929. The summed E-state index contributed by atoms with van der Waals surface area (Å²) in [6.07, 6.45) is 0. The number of hydrogen-bond acceptors (Lipinski definition) is 2. The molecule has 1 saturated heterocycles. The van der Waals surface area contributed by atoms with Crippen LogP contribution in [0.15, 0.2) is 54.6 Å². The highest BCUT2D eigenvalue weighted by atomic mass is 35.5. The first-order valence-corrected chi connectivity index (χ1v) is 7.45. The SMILES string of the molecule is Clc1ccccc1[C@H]1CN(Cc2ccccc2)CCN1. The molecule has 0 radical (unpaired) electrons. The third-order valence-corrected chi connectivity index (χ3v) is 4.13. The maximum absolute atomic E-state index is 6.31. The zero-order valence-corrected chi connectivity index (χ0v) is 12.2. The Morgan fingerprint density at radius 2 is 1.80 bits per heavy atom. The summed E-state index contributed by atoms with van der Waals surface area (Å²) >= 11 is 6.31. The van der Waals surface area contributed by atoms with Gasteiger partial charge in [0.1, 0.15) is 0 Å². The van der Waals surface area contributed by atoms with Gasteiger partial charge in [-0.3, -0.25) is 4.90 Å². The molecule has 0 saturated carbocycles. The van der Waals surface area contributed by atoms with E-state index in [2.05, 4.69) is 52.7 Å². The van der Waals surface area contributed by atoms with Crippen LogP contribution in [0.4, 0.5) is 0 Å². The molecule has 1 fully saturated rings. The highest BCUT2D eigenvalue weighted by molar-refractivity contribution is 6.31. The molecule has 1 aliphatic rings. The lowest BCUT2D eigenvalue weighted by Crippen LogP contribution is -2.45. The Kier molecular flexibility index (Phi) is 4.36. The van der Waals surface area contributed by atoms with Crippen molar-refractivity contribution in [3.63, 3.8) is 0 Å². The van der Waals surface area contributed by atoms with E-state index < -0.39 is 0 Å². The van der Waals surface area contributed by atoms with Crippen LogP contribution in [0.5, 0.6) is 0 Å². The van der Waals surface area contributed by atoms with Crippen molar-refractivity contribution in [2.45, 2.75) is 12.6 Å². The molecule has 0 aliphatic carbocycles. The van der Waals surface area contributed by atoms with Crippen LogP contribution in [0, 0.1) is 0 Å². The molecule has 0 spiro atoms. The molecule has 1 heterocycles. The third kappa shape index (κ3) is 3.21. The van der Waals surface area contributed by atoms with Gasteiger partial charge in [0.05, 0.1) is 0 Å². The monoisotopic (exact) mass is 286 g/mol. The standard InChI is InChI=1S/C17H19ClN2/c18-16-9-5-4-8-15(16)17-13-20(11-10-19-17)12-14-6-2-1-3-7-14/h1-9,17,19H,10-13H2/t17-/m1/s1. The topological polar surface area (TPSA) is 15.3 Å². The molecule has 0 amide bonds. The predicted octanol–water partition coefficient (Wildman–Crippen LogP) is 3.49. The molecule has 3 heteroatoms. The minimum atomic E-state index is 0.321. The minimum Gasteiger partial charge on any atom is -0.308 e. The van der Waals surface area contributed by atoms with E-state index in [1.807, 2.05) is 12.1 Å². The lowest BCUT2D eigenvalue weighted by atomic mass is 10.0. The Balaban J connectivity index is 1.69. The Bertz CT molecular complexity index is 556. The van der Waals surface area contributed by atoms with E-state index >= 15 is 0 Å². The third-order valence-electron chi connectivity index (χ3n) is 3.79. The van der Waals surface area contributed by atoms with E-state index in [4.69, 9.17) is 11.6 Å². The average molecular weight is 287 g/mol. The van der Waals surface area contributed by atoms with Crippen molar-refractivity contribution in [1.29, 1.82) is 0 Å². The van der Waals surface area contributed by atoms with Gasteiger partial charge >= 0.3 is 0 Å². The van der Waals surface area contributed by atoms with Gasteiger partial charge in [-0.15, -0.1) is 0 Å². The fourth-order valence-electron chi connectivity index (χ4n) is 2.76. The van der Waals surface area contributed by atoms with Gasteiger partial charge in [-0.25, -0.2) is 0 Å². The second kappa shape index (κ2) is 6.40. The molecule has 2 nitrogen and oxygen atoms in total. The first-order chi connectivity index (χ1) is 9.83. The van der Waals surface area contributed by atoms with Crippen molar-refractivity contribution in [2.24, 2.45) is 0 Å². The summed E-state index contributed by atoms with van der Waals surface area (Å²) in [4.78, 5) is 2.49. The van der Waals surface area contributed by atoms with Crippen LogP contribution in [-0.4, -0.2) is 24.5 Å². The van der Waals surface area contributed by atoms with Crippen LogP contribution >= 0.6 is 11.6 Å². The number of nitrogens with zero attached hydrogens (tertiary/aromatic N) is 1. The molecule has 2 aromatic rings. The summed E-state index contributed by atoms with van der Waals surface area (Å²) in [6, 6.07) is 19.1. The average Bonchev–Trinajstić information content (AvgIpc) is 2.49. The molecule has 1 aliphatic heterocycles. The van der Waals surface area contributed by atoms with Crippen molar-refractivity contribution in [3.05, 3.63) is 70.7 Å². The lowest BCUT2D eigenvalue weighted by molar-refractivity contribution is 0.193. The van der Waals surface area contributed by atoms with Crippen molar-refractivity contribution in [1.82, 2.24) is 10.2 Å². The van der Waals surface area contributed by atoms with Crippen molar-refractivity contribution < 1.29 is 0 Å². The highest BCUT2D eigenvalue weighted by Crippen LogP contribution is 2.25. The Labute approximate surface area is 125 Å². The zero-order chi connectivity index (χ0) is 13.8. The van der Waals surface area contributed by atoms with Gasteiger partial charge in [0.25, 0.3) is 0 Å². The van der Waals surface area contributed by atoms with E-state index in [0.29, 0.717) is 6.04 Å². The van der Waals surface area contributed by atoms with Gasteiger partial charge < -0.3 is 5.32 Å². The van der Waals surface area contributed by atoms with E-state index in [1.54, 1.807) is 0 Å². The molecule has 3 rings (SSSR count). The molecule has 20 heavy (non-hydrogen) atoms. The molecule has 1 N–H and O–H groups in total. The van der Waals surface area contributed by atoms with Crippen LogP contribution in [0.1, 0.15) is 17.2 Å². The number of halogens is 1. The Morgan fingerprint density at radius 3 is 2.60 bits per heavy atom. The van der Waals surface area contributed by atoms with Crippen molar-refractivity contribution in [3.8, 4) is 0 Å². The predicted molar refractivity (Wildman–Crippen MR) is 83.9 cm³/mol. The van der Waals surface area contributed by atoms with Gasteiger partial charge in [-0.05, 0) is 17.2 Å². The van der Waals surface area contributed by atoms with Crippen molar-refractivity contribution >= 4 is 11.6 Å². The maximum atomic E-state index is 6.31. The number of rotatable bonds is 3. The van der Waals surface area contributed by atoms with Gasteiger partial charge in [0.2, 0.25) is 0 Å². The molecule has 104 valence electrons. The number of benzene rings is 2. The number of hydrogen-bond donors (Lipinski definition) is 1. The fourth-order valence-corrected chi connectivity index (χ4v) is 3.03. The van der Waals surface area contributed by atoms with Crippen LogP contribution in [0.2, 0.25) is 5.02 Å². The van der Waals surface area contributed by atoms with Gasteiger partial charge in [0, 0.05) is 37.2 Å². The first-order valence-electron chi connectivity index (χ1n) is 7.07. The molecule has 0 bridgehead atoms. The van der Waals surface area contributed by atoms with Crippen LogP contribution < -0.4 is 5.32 Å². The molecule has 1 atom stereocenters. The van der Waals surface area contributed by atoms with Crippen LogP contribution in [0.25, 0.3) is 0 Å². The van der Waals surface area contributed by atoms with Crippen LogP contribution in [-0.2, 0) is 6.54 Å².